The average molecular weight is 430 g/mol. The van der Waals surface area contributed by atoms with Crippen molar-refractivity contribution in [1.82, 2.24) is 0 Å². The average Bonchev–Trinajstić information content (AvgIpc) is 3.32. The number of hydrogen-bond acceptors (Lipinski definition) is 6. The van der Waals surface area contributed by atoms with Crippen LogP contribution in [-0.2, 0) is 25.1 Å². The van der Waals surface area contributed by atoms with Crippen molar-refractivity contribution >= 4 is 16.5 Å². The molecule has 30 heavy (non-hydrogen) atoms. The molecule has 2 aromatic carbocycles. The van der Waals surface area contributed by atoms with Crippen molar-refractivity contribution in [3.8, 4) is 0 Å². The van der Waals surface area contributed by atoms with Gasteiger partial charge in [0, 0.05) is 17.1 Å². The molecule has 1 fully saturated rings. The van der Waals surface area contributed by atoms with Crippen molar-refractivity contribution in [1.29, 1.82) is 0 Å². The number of aliphatic hydroxyl groups excluding tert-OH is 1. The Morgan fingerprint density at radius 3 is 2.20 bits per heavy atom. The first-order valence-corrected chi connectivity index (χ1v) is 11.6. The molecule has 0 radical (unpaired) electrons. The molecular formula is C23H27NO5S. The Morgan fingerprint density at radius 1 is 1.07 bits per heavy atom. The zero-order valence-electron chi connectivity index (χ0n) is 17.3. The summed E-state index contributed by atoms with van der Waals surface area (Å²) in [6, 6.07) is 19.7. The number of oxime groups is 1. The van der Waals surface area contributed by atoms with Gasteiger partial charge >= 0.3 is 0 Å². The van der Waals surface area contributed by atoms with Gasteiger partial charge in [-0.05, 0) is 25.0 Å². The lowest BCUT2D eigenvalue weighted by Gasteiger charge is -2.29. The van der Waals surface area contributed by atoms with Gasteiger partial charge in [0.05, 0.1) is 18.2 Å². The molecule has 160 valence electrons. The van der Waals surface area contributed by atoms with Crippen LogP contribution in [0.3, 0.4) is 0 Å². The van der Waals surface area contributed by atoms with Crippen LogP contribution < -0.4 is 0 Å². The summed E-state index contributed by atoms with van der Waals surface area (Å²) in [5.41, 5.74) is 2.53. The number of benzene rings is 2. The largest absolute Gasteiger partial charge is 0.389 e. The number of ether oxygens (including phenoxy) is 2. The van der Waals surface area contributed by atoms with Gasteiger partial charge in [0.1, 0.15) is 17.5 Å². The number of rotatable bonds is 6. The molecule has 1 saturated heterocycles. The van der Waals surface area contributed by atoms with Gasteiger partial charge in [-0.2, -0.15) is 0 Å². The van der Waals surface area contributed by atoms with E-state index in [4.69, 9.17) is 14.3 Å². The van der Waals surface area contributed by atoms with E-state index in [1.807, 2.05) is 60.7 Å². The molecule has 0 spiro atoms. The van der Waals surface area contributed by atoms with Gasteiger partial charge in [-0.3, -0.25) is 4.21 Å². The lowest BCUT2D eigenvalue weighted by Crippen LogP contribution is -2.47. The minimum absolute atomic E-state index is 0.230. The first-order valence-electron chi connectivity index (χ1n) is 10.0. The SMILES string of the molecule is CS(=O)[C@H](C1=NO[C@H](c2ccccc2)[C@H]1c1ccccc1)[C@@H](O)[C@H]1COC(C)(C)O1. The summed E-state index contributed by atoms with van der Waals surface area (Å²) in [7, 11) is -1.41. The molecule has 6 nitrogen and oxygen atoms in total. The summed E-state index contributed by atoms with van der Waals surface area (Å²) in [5.74, 6) is -1.06. The Balaban J connectivity index is 1.70. The summed E-state index contributed by atoms with van der Waals surface area (Å²) in [6.07, 6.45) is -0.418. The molecule has 2 aromatic rings. The van der Waals surface area contributed by atoms with Crippen molar-refractivity contribution in [3.05, 3.63) is 71.8 Å². The summed E-state index contributed by atoms with van der Waals surface area (Å²) in [4.78, 5) is 5.87. The fourth-order valence-electron chi connectivity index (χ4n) is 4.14. The van der Waals surface area contributed by atoms with Gasteiger partial charge in [0.2, 0.25) is 0 Å². The Bertz CT molecular complexity index is 918. The maximum atomic E-state index is 12.8. The maximum absolute atomic E-state index is 12.8. The molecule has 2 aliphatic rings. The molecule has 4 rings (SSSR count). The standard InChI is InChI=1S/C23H27NO5S/c1-23(2)27-14-17(28-23)20(25)22(30(3)26)19-18(15-10-6-4-7-11-15)21(29-24-19)16-12-8-5-9-13-16/h4-13,17-18,20-22,25H,14H2,1-3H3/t17-,18+,20+,21-,22-,30?/m1/s1. The van der Waals surface area contributed by atoms with Crippen molar-refractivity contribution < 1.29 is 23.6 Å². The Kier molecular flexibility index (Phi) is 6.06. The van der Waals surface area contributed by atoms with Crippen molar-refractivity contribution in [2.24, 2.45) is 5.16 Å². The quantitative estimate of drug-likeness (QED) is 0.763. The highest BCUT2D eigenvalue weighted by molar-refractivity contribution is 7.85. The zero-order chi connectivity index (χ0) is 21.3. The van der Waals surface area contributed by atoms with E-state index in [0.29, 0.717) is 5.71 Å². The topological polar surface area (TPSA) is 77.4 Å². The minimum Gasteiger partial charge on any atom is -0.389 e. The highest BCUT2D eigenvalue weighted by Gasteiger charge is 2.48. The van der Waals surface area contributed by atoms with Crippen LogP contribution in [0.2, 0.25) is 0 Å². The molecule has 0 amide bonds. The summed E-state index contributed by atoms with van der Waals surface area (Å²) in [6.45, 7) is 3.83. The van der Waals surface area contributed by atoms with Crippen LogP contribution in [0.4, 0.5) is 0 Å². The van der Waals surface area contributed by atoms with Gasteiger partial charge in [-0.1, -0.05) is 65.8 Å². The maximum Gasteiger partial charge on any atom is 0.164 e. The Hall–Kier alpha value is -2.06. The lowest BCUT2D eigenvalue weighted by molar-refractivity contribution is -0.150. The predicted octanol–water partition coefficient (Wildman–Crippen LogP) is 3.16. The van der Waals surface area contributed by atoms with Crippen LogP contribution >= 0.6 is 0 Å². The van der Waals surface area contributed by atoms with E-state index >= 15 is 0 Å². The first kappa shape index (κ1) is 21.2. The molecule has 6 atom stereocenters. The van der Waals surface area contributed by atoms with Crippen LogP contribution in [0, 0.1) is 0 Å². The molecule has 0 saturated carbocycles. The molecule has 2 heterocycles. The third-order valence-electron chi connectivity index (χ3n) is 5.55. The second kappa shape index (κ2) is 8.59. The fourth-order valence-corrected chi connectivity index (χ4v) is 5.24. The molecule has 7 heteroatoms. The summed E-state index contributed by atoms with van der Waals surface area (Å²) in [5, 5.41) is 14.8. The van der Waals surface area contributed by atoms with E-state index in [1.54, 1.807) is 20.1 Å². The third-order valence-corrected chi connectivity index (χ3v) is 6.79. The van der Waals surface area contributed by atoms with Crippen LogP contribution in [0.5, 0.6) is 0 Å². The van der Waals surface area contributed by atoms with Crippen molar-refractivity contribution in [2.75, 3.05) is 12.9 Å². The number of hydrogen-bond donors (Lipinski definition) is 1. The fraction of sp³-hybridized carbons (Fsp3) is 0.435. The molecular weight excluding hydrogens is 402 g/mol. The lowest BCUT2D eigenvalue weighted by atomic mass is 9.83. The predicted molar refractivity (Wildman–Crippen MR) is 116 cm³/mol. The summed E-state index contributed by atoms with van der Waals surface area (Å²) < 4.78 is 24.3. The number of nitrogens with zero attached hydrogens (tertiary/aromatic N) is 1. The van der Waals surface area contributed by atoms with E-state index in [0.717, 1.165) is 11.1 Å². The summed E-state index contributed by atoms with van der Waals surface area (Å²) >= 11 is 0. The van der Waals surface area contributed by atoms with Gasteiger partial charge in [0.25, 0.3) is 0 Å². The van der Waals surface area contributed by atoms with Crippen molar-refractivity contribution in [3.63, 3.8) is 0 Å². The highest BCUT2D eigenvalue weighted by Crippen LogP contribution is 2.42. The van der Waals surface area contributed by atoms with Gasteiger partial charge in [-0.25, -0.2) is 0 Å². The van der Waals surface area contributed by atoms with E-state index in [1.165, 1.54) is 0 Å². The van der Waals surface area contributed by atoms with Gasteiger partial charge in [-0.15, -0.1) is 0 Å². The molecule has 1 unspecified atom stereocenters. The van der Waals surface area contributed by atoms with E-state index in [2.05, 4.69) is 5.16 Å². The highest BCUT2D eigenvalue weighted by atomic mass is 32.2. The normalized spacial score (nSPS) is 28.4. The van der Waals surface area contributed by atoms with Gasteiger partial charge < -0.3 is 19.4 Å². The second-order valence-electron chi connectivity index (χ2n) is 8.12. The van der Waals surface area contributed by atoms with Gasteiger partial charge in [0.15, 0.2) is 11.9 Å². The second-order valence-corrected chi connectivity index (χ2v) is 9.62. The Morgan fingerprint density at radius 2 is 1.67 bits per heavy atom. The molecule has 1 N–H and O–H groups in total. The van der Waals surface area contributed by atoms with Crippen LogP contribution in [0.15, 0.2) is 65.8 Å². The monoisotopic (exact) mass is 429 g/mol. The van der Waals surface area contributed by atoms with E-state index in [-0.39, 0.29) is 18.6 Å². The van der Waals surface area contributed by atoms with E-state index < -0.39 is 34.0 Å². The van der Waals surface area contributed by atoms with E-state index in [9.17, 15) is 9.32 Å². The molecule has 0 aromatic heterocycles. The smallest absolute Gasteiger partial charge is 0.164 e. The first-order chi connectivity index (χ1) is 14.4. The van der Waals surface area contributed by atoms with Crippen molar-refractivity contribution in [2.45, 2.75) is 49.1 Å². The molecule has 0 aliphatic carbocycles. The zero-order valence-corrected chi connectivity index (χ0v) is 18.1. The molecule has 0 bridgehead atoms. The number of aliphatic hydroxyl groups is 1. The minimum atomic E-state index is -1.41. The van der Waals surface area contributed by atoms with Crippen LogP contribution in [0.1, 0.15) is 37.0 Å². The Labute approximate surface area is 179 Å². The van der Waals surface area contributed by atoms with Crippen LogP contribution in [-0.4, -0.2) is 51.1 Å². The van der Waals surface area contributed by atoms with Crippen LogP contribution in [0.25, 0.3) is 0 Å². The third kappa shape index (κ3) is 4.21. The molecule has 2 aliphatic heterocycles.